The Morgan fingerprint density at radius 3 is 1.09 bits per heavy atom. The monoisotopic (exact) mass is 1930 g/mol. The summed E-state index contributed by atoms with van der Waals surface area (Å²) in [4.78, 5) is 136. The fourth-order valence-corrected chi connectivity index (χ4v) is 11.8. The van der Waals surface area contributed by atoms with Gasteiger partial charge in [-0.25, -0.2) is 44.3 Å². The van der Waals surface area contributed by atoms with Crippen LogP contribution >= 0.6 is 15.9 Å². The topological polar surface area (TPSA) is 465 Å². The number of nitrogens with two attached hydrogens (primary N) is 1. The fourth-order valence-electron chi connectivity index (χ4n) is 11.3. The van der Waals surface area contributed by atoms with Gasteiger partial charge in [0.15, 0.2) is 6.04 Å². The first kappa shape index (κ1) is 115. The first-order valence-corrected chi connectivity index (χ1v) is 43.8. The molecule has 0 aliphatic heterocycles. The molecule has 3 atom stereocenters. The number of aliphatic hydroxyl groups excluding tert-OH is 1. The van der Waals surface area contributed by atoms with E-state index in [1.807, 2.05) is 152 Å². The number of carbonyl (C=O) groups is 9. The van der Waals surface area contributed by atoms with Crippen LogP contribution in [0.5, 0.6) is 35.3 Å². The molecule has 6 aromatic heterocycles. The van der Waals surface area contributed by atoms with Crippen molar-refractivity contribution in [2.45, 2.75) is 155 Å². The predicted molar refractivity (Wildman–Crippen MR) is 511 cm³/mol. The number of aliphatic carboxylic acids is 1. The number of rotatable bonds is 36. The predicted octanol–water partition coefficient (Wildman–Crippen LogP) is 14.1. The molecule has 10 rings (SSSR count). The number of esters is 6. The summed E-state index contributed by atoms with van der Waals surface area (Å²) in [5.41, 5.74) is 14.1. The van der Waals surface area contributed by atoms with E-state index < -0.39 is 71.1 Å². The molecule has 3 unspecified atom stereocenters. The average molecular weight is 1930 g/mol. The summed E-state index contributed by atoms with van der Waals surface area (Å²) in [7, 11) is 9.10. The van der Waals surface area contributed by atoms with Crippen molar-refractivity contribution in [3.63, 3.8) is 0 Å². The van der Waals surface area contributed by atoms with Crippen LogP contribution in [0.3, 0.4) is 0 Å². The second kappa shape index (κ2) is 65.2. The van der Waals surface area contributed by atoms with E-state index in [4.69, 9.17) is 82.9 Å². The van der Waals surface area contributed by atoms with Crippen LogP contribution in [0.15, 0.2) is 241 Å². The maximum Gasteiger partial charge on any atom is 0.341 e. The van der Waals surface area contributed by atoms with Gasteiger partial charge in [0, 0.05) is 118 Å². The van der Waals surface area contributed by atoms with Gasteiger partial charge in [-0.15, -0.1) is 0 Å². The van der Waals surface area contributed by atoms with Crippen LogP contribution in [0.2, 0.25) is 0 Å². The minimum atomic E-state index is -1.03. The summed E-state index contributed by atoms with van der Waals surface area (Å²) >= 11 is 3.33. The minimum absolute atomic E-state index is 0.0307. The van der Waals surface area contributed by atoms with Crippen molar-refractivity contribution in [3.05, 3.63) is 287 Å². The molecule has 0 fully saturated rings. The summed E-state index contributed by atoms with van der Waals surface area (Å²) in [6, 6.07) is 58.2. The van der Waals surface area contributed by atoms with Crippen LogP contribution in [0.25, 0.3) is 0 Å². The second-order valence-electron chi connectivity index (χ2n) is 29.6. The number of carbonyl (C=O) groups excluding carboxylic acids is 7. The second-order valence-corrected chi connectivity index (χ2v) is 30.2. The number of aromatic carboxylic acids is 1. The van der Waals surface area contributed by atoms with Gasteiger partial charge in [-0.05, 0) is 118 Å². The zero-order valence-corrected chi connectivity index (χ0v) is 80.6. The normalized spacial score (nSPS) is 10.8. The number of hydrogen-bond acceptors (Lipinski definition) is 31. The van der Waals surface area contributed by atoms with E-state index in [1.165, 1.54) is 40.7 Å². The van der Waals surface area contributed by atoms with Crippen molar-refractivity contribution in [2.24, 2.45) is 15.7 Å². The number of hydrogen-bond donors (Lipinski definition) is 5. The van der Waals surface area contributed by atoms with Crippen molar-refractivity contribution in [1.82, 2.24) is 35.2 Å². The molecule has 724 valence electrons. The summed E-state index contributed by atoms with van der Waals surface area (Å²) < 4.78 is 60.3. The molecular weight excluding hydrogens is 1810 g/mol. The third kappa shape index (κ3) is 46.5. The summed E-state index contributed by atoms with van der Waals surface area (Å²) in [5, 5.41) is 29.0. The van der Waals surface area contributed by atoms with Crippen molar-refractivity contribution >= 4 is 81.0 Å². The molecule has 0 spiro atoms. The Balaban J connectivity index is 0.000000410. The average Bonchev–Trinajstić information content (AvgIpc) is 0.813. The highest BCUT2D eigenvalue weighted by Gasteiger charge is 2.28. The molecule has 34 nitrogen and oxygen atoms in total. The van der Waals surface area contributed by atoms with Crippen LogP contribution in [-0.4, -0.2) is 215 Å². The summed E-state index contributed by atoms with van der Waals surface area (Å²) in [5.74, 6) is -2.39. The number of halogens is 1. The van der Waals surface area contributed by atoms with Crippen molar-refractivity contribution in [2.75, 3.05) is 75.6 Å². The molecule has 0 aliphatic carbocycles. The van der Waals surface area contributed by atoms with Crippen molar-refractivity contribution in [1.29, 1.82) is 0 Å². The largest absolute Gasteiger partial charge is 0.481 e. The Kier molecular flexibility index (Phi) is 55.4. The number of aliphatic imine (C=N–C) groups is 2. The highest BCUT2D eigenvalue weighted by Crippen LogP contribution is 2.24. The van der Waals surface area contributed by atoms with Gasteiger partial charge in [0.2, 0.25) is 41.2 Å². The molecular formula is C100H123BrN10O24. The van der Waals surface area contributed by atoms with Gasteiger partial charge < -0.3 is 83.2 Å². The molecule has 6 N–H and O–H groups in total. The van der Waals surface area contributed by atoms with E-state index in [1.54, 1.807) is 151 Å². The zero-order valence-electron chi connectivity index (χ0n) is 79.0. The van der Waals surface area contributed by atoms with E-state index in [2.05, 4.69) is 56.1 Å². The van der Waals surface area contributed by atoms with E-state index >= 15 is 0 Å². The number of nitrogens with one attached hydrogen (secondary N) is 1. The van der Waals surface area contributed by atoms with Gasteiger partial charge in [-0.1, -0.05) is 162 Å². The third-order valence-electron chi connectivity index (χ3n) is 17.1. The molecule has 0 bridgehead atoms. The number of methoxy groups -OCH3 is 6. The molecule has 0 aliphatic rings. The Hall–Kier alpha value is -14.5. The number of aromatic nitrogens is 6. The Morgan fingerprint density at radius 2 is 0.733 bits per heavy atom. The molecule has 135 heavy (non-hydrogen) atoms. The third-order valence-corrected chi connectivity index (χ3v) is 17.7. The van der Waals surface area contributed by atoms with E-state index in [0.29, 0.717) is 73.2 Å². The summed E-state index contributed by atoms with van der Waals surface area (Å²) in [6.07, 6.45) is 10.1. The number of ether oxygens (including phenoxy) is 12. The molecule has 0 radical (unpaired) electrons. The molecule has 0 saturated heterocycles. The van der Waals surface area contributed by atoms with Gasteiger partial charge in [-0.2, -0.15) is 0 Å². The first-order chi connectivity index (χ1) is 64.7. The number of pyridine rings is 6. The zero-order chi connectivity index (χ0) is 99.9. The quantitative estimate of drug-likeness (QED) is 0.0105. The lowest BCUT2D eigenvalue weighted by Crippen LogP contribution is -2.43. The number of benzene rings is 4. The van der Waals surface area contributed by atoms with Gasteiger partial charge in [-0.3, -0.25) is 38.8 Å². The van der Waals surface area contributed by atoms with Crippen molar-refractivity contribution in [3.8, 4) is 35.3 Å². The molecule has 0 saturated carbocycles. The molecule has 1 amide bonds. The Bertz CT molecular complexity index is 5090. The fraction of sp³-hybridized carbons (Fsp3) is 0.350. The lowest BCUT2D eigenvalue weighted by Gasteiger charge is -2.20. The highest BCUT2D eigenvalue weighted by atomic mass is 79.9. The number of alkyl halides is 1. The smallest absolute Gasteiger partial charge is 0.341 e. The van der Waals surface area contributed by atoms with Crippen LogP contribution in [0.4, 0.5) is 0 Å². The van der Waals surface area contributed by atoms with E-state index in [0.717, 1.165) is 55.7 Å². The summed E-state index contributed by atoms with van der Waals surface area (Å²) in [6.45, 7) is 18.7. The van der Waals surface area contributed by atoms with Gasteiger partial charge in [0.05, 0.1) is 106 Å². The Morgan fingerprint density at radius 1 is 0.393 bits per heavy atom. The standard InChI is InChI=1S/C24H24N2O3.C19H28N2O6.C17H17NO2.C11H16N2O3.C8H14O4.C7H8BrNO.C7H7NO3.C7H9NO2/c1-3-29-24(27)21(17-20-15-10-16-25-23(20)28-2)26-22(18-11-6-4-7-12-18)19-13-8-5-9-14-19;1-6-26-18(24)14(12-13-8-7-11-20-17(13)25-5)21-15(22)9-10-16(23)27-19(2,3)4;1-2-20-16(19)13-18-17(14-9-5-3-6-10-14)15-11-7-4-8-12-15;1-3-16-11(14)9(12)7-8-5-4-6-13-10(8)15-2;1-8(2,3)12-7(11)5-4-6(9)10;1-10-7-6(5-8)3-2-4-9-7;1-11-6-5(7(9)10)3-2-4-8-6;1-10-7-6(5-9)3-2-4-8-7/h4-16,21H,3,17H2,1-2H3;7-8,11,14H,6,9-10,12H2,1-5H3,(H,21,22);3-12H,2,13H2,1H3;4-6,9H,3,7,12H2,1-2H3;4-5H2,1-3H3,(H,9,10);2-4H,5H2,1H3;2-4H,1H3,(H,9,10);2-4,9H,5H2,1H3. The number of carboxylic acid groups (broad SMARTS) is 2. The van der Waals surface area contributed by atoms with Crippen LogP contribution in [0.1, 0.15) is 155 Å². The van der Waals surface area contributed by atoms with Gasteiger partial charge in [0.1, 0.15) is 35.4 Å². The number of amides is 1. The first-order valence-electron chi connectivity index (χ1n) is 42.7. The number of aliphatic hydroxyl groups is 1. The SMILES string of the molecule is CC(C)(C)OC(=O)CCC(=O)O.CCOC(=O)C(Cc1cccnc1OC)N=C(c1ccccc1)c1ccccc1.CCOC(=O)C(Cc1cccnc1OC)NC(=O)CCC(=O)OC(C)(C)C.CCOC(=O)C(N)Cc1cccnc1OC.CCOC(=O)CN=C(c1ccccc1)c1ccccc1.COc1ncccc1C(=O)O.COc1ncccc1CBr.COc1ncccc1CO. The molecule has 35 heteroatoms. The lowest BCUT2D eigenvalue weighted by molar-refractivity contribution is -0.157. The maximum atomic E-state index is 12.8. The van der Waals surface area contributed by atoms with Crippen LogP contribution in [0, 0.1) is 0 Å². The number of carboxylic acids is 2. The van der Waals surface area contributed by atoms with Crippen LogP contribution in [-0.2, 0) is 98.0 Å². The molecule has 4 aromatic carbocycles. The van der Waals surface area contributed by atoms with E-state index in [-0.39, 0.29) is 75.2 Å². The highest BCUT2D eigenvalue weighted by molar-refractivity contribution is 9.08. The lowest BCUT2D eigenvalue weighted by atomic mass is 10.0. The van der Waals surface area contributed by atoms with E-state index in [9.17, 15) is 43.2 Å². The molecule has 10 aromatic rings. The van der Waals surface area contributed by atoms with Crippen molar-refractivity contribution < 1.29 is 115 Å². The maximum absolute atomic E-state index is 12.8. The number of nitrogens with zero attached hydrogens (tertiary/aromatic N) is 8. The molecule has 6 heterocycles. The van der Waals surface area contributed by atoms with Gasteiger partial charge in [0.25, 0.3) is 0 Å². The van der Waals surface area contributed by atoms with Crippen LogP contribution < -0.4 is 39.5 Å². The minimum Gasteiger partial charge on any atom is -0.481 e. The van der Waals surface area contributed by atoms with Gasteiger partial charge >= 0.3 is 47.8 Å². The Labute approximate surface area is 796 Å².